The van der Waals surface area contributed by atoms with Crippen LogP contribution in [0.4, 0.5) is 0 Å². The largest absolute Gasteiger partial charge is 0.318 e. The van der Waals surface area contributed by atoms with Crippen LogP contribution in [0.5, 0.6) is 0 Å². The first-order chi connectivity index (χ1) is 9.76. The van der Waals surface area contributed by atoms with Crippen molar-refractivity contribution in [1.29, 1.82) is 0 Å². The molecular weight excluding hydrogens is 311 g/mol. The summed E-state index contributed by atoms with van der Waals surface area (Å²) >= 11 is 14.1. The maximum atomic E-state index is 6.26. The molecule has 2 aromatic heterocycles. The molecule has 0 aliphatic rings. The predicted octanol–water partition coefficient (Wildman–Crippen LogP) is 5.49. The number of aromatic nitrogens is 2. The Bertz CT molecular complexity index is 719. The van der Waals surface area contributed by atoms with Crippen molar-refractivity contribution in [2.45, 2.75) is 25.3 Å². The number of para-hydroxylation sites is 1. The van der Waals surface area contributed by atoms with Gasteiger partial charge in [-0.25, -0.2) is 4.98 Å². The van der Waals surface area contributed by atoms with Crippen LogP contribution in [0.1, 0.15) is 30.1 Å². The lowest BCUT2D eigenvalue weighted by Crippen LogP contribution is -2.11. The summed E-state index contributed by atoms with van der Waals surface area (Å²) in [6, 6.07) is 10.4. The van der Waals surface area contributed by atoms with Crippen LogP contribution in [0.25, 0.3) is 11.0 Å². The van der Waals surface area contributed by atoms with E-state index in [1.54, 1.807) is 11.3 Å². The van der Waals surface area contributed by atoms with E-state index in [0.29, 0.717) is 10.9 Å². The average Bonchev–Trinajstić information content (AvgIpc) is 3.09. The van der Waals surface area contributed by atoms with Gasteiger partial charge in [0, 0.05) is 4.88 Å². The maximum Gasteiger partial charge on any atom is 0.125 e. The predicted molar refractivity (Wildman–Crippen MR) is 87.0 cm³/mol. The molecule has 1 unspecified atom stereocenters. The van der Waals surface area contributed by atoms with Gasteiger partial charge in [0.2, 0.25) is 0 Å². The molecule has 3 aromatic rings. The Morgan fingerprint density at radius 2 is 2.15 bits per heavy atom. The van der Waals surface area contributed by atoms with Gasteiger partial charge >= 0.3 is 0 Å². The van der Waals surface area contributed by atoms with Gasteiger partial charge in [-0.1, -0.05) is 30.7 Å². The lowest BCUT2D eigenvalue weighted by Gasteiger charge is -2.18. The monoisotopic (exact) mass is 324 g/mol. The zero-order chi connectivity index (χ0) is 14.1. The van der Waals surface area contributed by atoms with Crippen LogP contribution in [-0.2, 0) is 5.88 Å². The summed E-state index contributed by atoms with van der Waals surface area (Å²) in [6.45, 7) is 2.18. The fraction of sp³-hybridized carbons (Fsp3) is 0.267. The zero-order valence-corrected chi connectivity index (χ0v) is 13.3. The highest BCUT2D eigenvalue weighted by Crippen LogP contribution is 2.33. The number of benzene rings is 1. The molecule has 2 heterocycles. The van der Waals surface area contributed by atoms with Crippen molar-refractivity contribution >= 4 is 45.6 Å². The van der Waals surface area contributed by atoms with E-state index in [-0.39, 0.29) is 6.04 Å². The number of hydrogen-bond donors (Lipinski definition) is 0. The summed E-state index contributed by atoms with van der Waals surface area (Å²) in [7, 11) is 0. The van der Waals surface area contributed by atoms with Gasteiger partial charge < -0.3 is 4.57 Å². The van der Waals surface area contributed by atoms with Crippen LogP contribution < -0.4 is 0 Å². The number of imidazole rings is 1. The number of nitrogens with zero attached hydrogens (tertiary/aromatic N) is 2. The summed E-state index contributed by atoms with van der Waals surface area (Å²) < 4.78 is 2.22. The van der Waals surface area contributed by atoms with E-state index in [1.165, 1.54) is 4.88 Å². The highest BCUT2D eigenvalue weighted by molar-refractivity contribution is 7.10. The number of hydrogen-bond acceptors (Lipinski definition) is 2. The number of alkyl halides is 1. The second-order valence-electron chi connectivity index (χ2n) is 4.58. The minimum atomic E-state index is 0.257. The Morgan fingerprint density at radius 3 is 2.80 bits per heavy atom. The van der Waals surface area contributed by atoms with Gasteiger partial charge in [0.1, 0.15) is 11.3 Å². The van der Waals surface area contributed by atoms with Crippen LogP contribution in [-0.4, -0.2) is 9.55 Å². The first-order valence-corrected chi connectivity index (χ1v) is 8.30. The van der Waals surface area contributed by atoms with Crippen LogP contribution in [0, 0.1) is 0 Å². The summed E-state index contributed by atoms with van der Waals surface area (Å²) in [5, 5.41) is 2.78. The Labute approximate surface area is 132 Å². The van der Waals surface area contributed by atoms with Crippen molar-refractivity contribution in [3.05, 3.63) is 51.4 Å². The SMILES string of the molecule is CCC(c1cccs1)n1c(CCl)nc2c(Cl)cccc21. The van der Waals surface area contributed by atoms with Gasteiger partial charge in [0.15, 0.2) is 0 Å². The number of fused-ring (bicyclic) bond motifs is 1. The van der Waals surface area contributed by atoms with Crippen LogP contribution in [0.3, 0.4) is 0 Å². The molecule has 0 saturated carbocycles. The second-order valence-corrected chi connectivity index (χ2v) is 6.23. The average molecular weight is 325 g/mol. The fourth-order valence-electron chi connectivity index (χ4n) is 2.56. The highest BCUT2D eigenvalue weighted by Gasteiger charge is 2.20. The Balaban J connectivity index is 2.26. The molecule has 20 heavy (non-hydrogen) atoms. The standard InChI is InChI=1S/C15H14Cl2N2S/c1-2-11(13-7-4-8-20-13)19-12-6-3-5-10(17)15(12)18-14(19)9-16/h3-8,11H,2,9H2,1H3. The maximum absolute atomic E-state index is 6.26. The second kappa shape index (κ2) is 5.76. The number of rotatable bonds is 4. The van der Waals surface area contributed by atoms with Crippen LogP contribution >= 0.6 is 34.5 Å². The Morgan fingerprint density at radius 1 is 1.30 bits per heavy atom. The van der Waals surface area contributed by atoms with E-state index in [0.717, 1.165) is 23.3 Å². The van der Waals surface area contributed by atoms with E-state index in [4.69, 9.17) is 23.2 Å². The van der Waals surface area contributed by atoms with Crippen molar-refractivity contribution in [2.75, 3.05) is 0 Å². The van der Waals surface area contributed by atoms with E-state index < -0.39 is 0 Å². The van der Waals surface area contributed by atoms with E-state index >= 15 is 0 Å². The molecule has 1 atom stereocenters. The number of thiophene rings is 1. The molecule has 0 saturated heterocycles. The molecule has 1 aromatic carbocycles. The van der Waals surface area contributed by atoms with Gasteiger partial charge in [-0.3, -0.25) is 0 Å². The third-order valence-corrected chi connectivity index (χ3v) is 4.95. The van der Waals surface area contributed by atoms with Crippen molar-refractivity contribution in [3.8, 4) is 0 Å². The summed E-state index contributed by atoms with van der Waals surface area (Å²) in [4.78, 5) is 5.93. The summed E-state index contributed by atoms with van der Waals surface area (Å²) in [5.74, 6) is 1.25. The Hall–Kier alpha value is -1.03. The van der Waals surface area contributed by atoms with E-state index in [9.17, 15) is 0 Å². The molecule has 0 aliphatic heterocycles. The molecule has 0 N–H and O–H groups in total. The van der Waals surface area contributed by atoms with Gasteiger partial charge in [0.05, 0.1) is 22.5 Å². The molecule has 0 amide bonds. The van der Waals surface area contributed by atoms with Gasteiger partial charge in [-0.15, -0.1) is 22.9 Å². The van der Waals surface area contributed by atoms with Crippen LogP contribution in [0.2, 0.25) is 5.02 Å². The van der Waals surface area contributed by atoms with Gasteiger partial charge in [-0.05, 0) is 30.0 Å². The topological polar surface area (TPSA) is 17.8 Å². The van der Waals surface area contributed by atoms with E-state index in [2.05, 4.69) is 40.1 Å². The van der Waals surface area contributed by atoms with E-state index in [1.807, 2.05) is 12.1 Å². The summed E-state index contributed by atoms with van der Waals surface area (Å²) in [5.41, 5.74) is 1.88. The minimum absolute atomic E-state index is 0.257. The van der Waals surface area contributed by atoms with Crippen LogP contribution in [0.15, 0.2) is 35.7 Å². The molecule has 0 radical (unpaired) electrons. The first kappa shape index (κ1) is 13.9. The first-order valence-electron chi connectivity index (χ1n) is 6.51. The third-order valence-electron chi connectivity index (χ3n) is 3.43. The molecule has 2 nitrogen and oxygen atoms in total. The normalized spacial score (nSPS) is 12.9. The zero-order valence-electron chi connectivity index (χ0n) is 11.0. The minimum Gasteiger partial charge on any atom is -0.318 e. The lowest BCUT2D eigenvalue weighted by molar-refractivity contribution is 0.574. The van der Waals surface area contributed by atoms with Crippen molar-refractivity contribution < 1.29 is 0 Å². The molecular formula is C15H14Cl2N2S. The molecule has 0 bridgehead atoms. The molecule has 3 rings (SSSR count). The molecule has 0 aliphatic carbocycles. The molecule has 104 valence electrons. The quantitative estimate of drug-likeness (QED) is 0.580. The highest BCUT2D eigenvalue weighted by atomic mass is 35.5. The van der Waals surface area contributed by atoms with Gasteiger partial charge in [-0.2, -0.15) is 0 Å². The van der Waals surface area contributed by atoms with Gasteiger partial charge in [0.25, 0.3) is 0 Å². The number of halogens is 2. The molecule has 5 heteroatoms. The third kappa shape index (κ3) is 2.24. The fourth-order valence-corrected chi connectivity index (χ4v) is 3.87. The van der Waals surface area contributed by atoms with Crippen molar-refractivity contribution in [1.82, 2.24) is 9.55 Å². The van der Waals surface area contributed by atoms with Crippen molar-refractivity contribution in [2.24, 2.45) is 0 Å². The summed E-state index contributed by atoms with van der Waals surface area (Å²) in [6.07, 6.45) is 0.988. The molecule has 0 spiro atoms. The smallest absolute Gasteiger partial charge is 0.125 e. The molecule has 0 fully saturated rings. The Kier molecular flexibility index (Phi) is 4.01. The lowest BCUT2D eigenvalue weighted by atomic mass is 10.1. The van der Waals surface area contributed by atoms with Crippen molar-refractivity contribution in [3.63, 3.8) is 0 Å².